The van der Waals surface area contributed by atoms with Gasteiger partial charge in [-0.1, -0.05) is 30.3 Å². The first kappa shape index (κ1) is 21.7. The number of likely N-dealkylation sites (N-methyl/N-ethyl adjacent to an activating group) is 1. The van der Waals surface area contributed by atoms with Crippen LogP contribution in [0.25, 0.3) is 11.0 Å². The number of aromatic nitrogens is 4. The van der Waals surface area contributed by atoms with Crippen LogP contribution in [0.1, 0.15) is 0 Å². The Kier molecular flexibility index (Phi) is 5.99. The van der Waals surface area contributed by atoms with Crippen LogP contribution in [0.15, 0.2) is 67.1 Å². The number of piperazine rings is 1. The minimum Gasteiger partial charge on any atom is -0.455 e. The van der Waals surface area contributed by atoms with Gasteiger partial charge in [-0.05, 0) is 24.3 Å². The number of nitrogens with zero attached hydrogens (tertiary/aromatic N) is 7. The monoisotopic (exact) mass is 457 g/mol. The fourth-order valence-corrected chi connectivity index (χ4v) is 4.23. The predicted octanol–water partition coefficient (Wildman–Crippen LogP) is 2.94. The van der Waals surface area contributed by atoms with E-state index in [4.69, 9.17) is 4.74 Å². The molecule has 0 atom stereocenters. The van der Waals surface area contributed by atoms with Gasteiger partial charge in [-0.3, -0.25) is 9.48 Å². The SMILES string of the molecule is CN(CC(=O)N1CCN(c2ncnc3c2cnn3C)CC1)c1ccccc1Oc1ccccc1. The second kappa shape index (κ2) is 9.38. The highest BCUT2D eigenvalue weighted by atomic mass is 16.5. The van der Waals surface area contributed by atoms with Gasteiger partial charge in [-0.2, -0.15) is 5.10 Å². The highest BCUT2D eigenvalue weighted by Gasteiger charge is 2.25. The fraction of sp³-hybridized carbons (Fsp3) is 0.280. The Morgan fingerprint density at radius 3 is 2.53 bits per heavy atom. The number of rotatable bonds is 6. The van der Waals surface area contributed by atoms with Gasteiger partial charge in [0.05, 0.1) is 23.8 Å². The summed E-state index contributed by atoms with van der Waals surface area (Å²) in [5.74, 6) is 2.44. The van der Waals surface area contributed by atoms with Crippen LogP contribution >= 0.6 is 0 Å². The maximum atomic E-state index is 13.1. The number of hydrogen-bond donors (Lipinski definition) is 0. The van der Waals surface area contributed by atoms with Crippen molar-refractivity contribution in [3.05, 3.63) is 67.1 Å². The third-order valence-corrected chi connectivity index (χ3v) is 6.06. The molecule has 0 bridgehead atoms. The summed E-state index contributed by atoms with van der Waals surface area (Å²) in [7, 11) is 3.79. The predicted molar refractivity (Wildman–Crippen MR) is 131 cm³/mol. The summed E-state index contributed by atoms with van der Waals surface area (Å²) in [5.41, 5.74) is 1.68. The second-order valence-corrected chi connectivity index (χ2v) is 8.31. The van der Waals surface area contributed by atoms with Crippen LogP contribution in [0.5, 0.6) is 11.5 Å². The lowest BCUT2D eigenvalue weighted by atomic mass is 10.2. The third kappa shape index (κ3) is 4.36. The first-order valence-electron chi connectivity index (χ1n) is 11.3. The number of aryl methyl sites for hydroxylation is 1. The molecule has 9 heteroatoms. The van der Waals surface area contributed by atoms with Gasteiger partial charge in [0.1, 0.15) is 17.9 Å². The molecule has 0 saturated carbocycles. The summed E-state index contributed by atoms with van der Waals surface area (Å²) >= 11 is 0. The fourth-order valence-electron chi connectivity index (χ4n) is 4.23. The van der Waals surface area contributed by atoms with E-state index < -0.39 is 0 Å². The molecule has 0 N–H and O–H groups in total. The first-order valence-corrected chi connectivity index (χ1v) is 11.3. The van der Waals surface area contributed by atoms with Crippen LogP contribution in [0.2, 0.25) is 0 Å². The van der Waals surface area contributed by atoms with Gasteiger partial charge in [0.25, 0.3) is 0 Å². The average molecular weight is 458 g/mol. The van der Waals surface area contributed by atoms with Crippen molar-refractivity contribution in [1.29, 1.82) is 0 Å². The number of benzene rings is 2. The standard InChI is InChI=1S/C25H27N7O2/c1-29(21-10-6-7-11-22(21)34-19-8-4-3-5-9-19)17-23(33)31-12-14-32(15-13-31)25-20-16-28-30(2)24(20)26-18-27-25/h3-11,16,18H,12-15,17H2,1-2H3. The Morgan fingerprint density at radius 2 is 1.74 bits per heavy atom. The van der Waals surface area contributed by atoms with Crippen molar-refractivity contribution in [1.82, 2.24) is 24.6 Å². The molecule has 9 nitrogen and oxygen atoms in total. The molecule has 2 aromatic carbocycles. The number of carbonyl (C=O) groups excluding carboxylic acids is 1. The summed E-state index contributed by atoms with van der Waals surface area (Å²) in [6.45, 7) is 2.98. The molecule has 1 saturated heterocycles. The molecule has 174 valence electrons. The van der Waals surface area contributed by atoms with Crippen molar-refractivity contribution >= 4 is 28.4 Å². The number of ether oxygens (including phenoxy) is 1. The molecule has 4 aromatic rings. The Bertz CT molecular complexity index is 1280. The summed E-state index contributed by atoms with van der Waals surface area (Å²) in [4.78, 5) is 27.9. The smallest absolute Gasteiger partial charge is 0.242 e. The summed E-state index contributed by atoms with van der Waals surface area (Å²) in [6, 6.07) is 17.4. The summed E-state index contributed by atoms with van der Waals surface area (Å²) in [5, 5.41) is 5.23. The Hall–Kier alpha value is -4.14. The number of carbonyl (C=O) groups is 1. The van der Waals surface area contributed by atoms with Crippen LogP contribution in [0, 0.1) is 0 Å². The first-order chi connectivity index (χ1) is 16.6. The van der Waals surface area contributed by atoms with E-state index in [0.717, 1.165) is 34.0 Å². The van der Waals surface area contributed by atoms with E-state index in [1.807, 2.05) is 78.5 Å². The third-order valence-electron chi connectivity index (χ3n) is 6.06. The van der Waals surface area contributed by atoms with Gasteiger partial charge in [-0.15, -0.1) is 0 Å². The molecule has 0 spiro atoms. The number of hydrogen-bond acceptors (Lipinski definition) is 7. The Balaban J connectivity index is 1.22. The topological polar surface area (TPSA) is 79.6 Å². The molecule has 5 rings (SSSR count). The maximum Gasteiger partial charge on any atom is 0.242 e. The van der Waals surface area contributed by atoms with E-state index in [1.54, 1.807) is 17.2 Å². The number of fused-ring (bicyclic) bond motifs is 1. The highest BCUT2D eigenvalue weighted by Crippen LogP contribution is 2.31. The summed E-state index contributed by atoms with van der Waals surface area (Å²) < 4.78 is 7.81. The van der Waals surface area contributed by atoms with E-state index in [0.29, 0.717) is 26.2 Å². The second-order valence-electron chi connectivity index (χ2n) is 8.31. The van der Waals surface area contributed by atoms with Crippen molar-refractivity contribution in [3.8, 4) is 11.5 Å². The average Bonchev–Trinajstić information content (AvgIpc) is 3.26. The van der Waals surface area contributed by atoms with Crippen LogP contribution in [-0.4, -0.2) is 70.3 Å². The largest absolute Gasteiger partial charge is 0.455 e. The van der Waals surface area contributed by atoms with E-state index in [-0.39, 0.29) is 12.5 Å². The van der Waals surface area contributed by atoms with Crippen molar-refractivity contribution < 1.29 is 9.53 Å². The van der Waals surface area contributed by atoms with Crippen molar-refractivity contribution in [2.24, 2.45) is 7.05 Å². The van der Waals surface area contributed by atoms with Gasteiger partial charge in [-0.25, -0.2) is 9.97 Å². The van der Waals surface area contributed by atoms with Crippen LogP contribution < -0.4 is 14.5 Å². The zero-order chi connectivity index (χ0) is 23.5. The van der Waals surface area contributed by atoms with E-state index >= 15 is 0 Å². The minimum absolute atomic E-state index is 0.0888. The quantitative estimate of drug-likeness (QED) is 0.440. The van der Waals surface area contributed by atoms with Crippen molar-refractivity contribution in [2.45, 2.75) is 0 Å². The molecule has 1 fully saturated rings. The highest BCUT2D eigenvalue weighted by molar-refractivity contribution is 5.87. The normalized spacial score (nSPS) is 13.8. The molecule has 1 aliphatic rings. The van der Waals surface area contributed by atoms with Gasteiger partial charge < -0.3 is 19.4 Å². The van der Waals surface area contributed by atoms with Crippen molar-refractivity contribution in [2.75, 3.05) is 49.6 Å². The molecule has 1 aliphatic heterocycles. The lowest BCUT2D eigenvalue weighted by molar-refractivity contribution is -0.129. The molecule has 0 aliphatic carbocycles. The van der Waals surface area contributed by atoms with Gasteiger partial charge in [0.15, 0.2) is 11.4 Å². The molecule has 0 radical (unpaired) electrons. The van der Waals surface area contributed by atoms with Crippen molar-refractivity contribution in [3.63, 3.8) is 0 Å². The number of para-hydroxylation sites is 3. The number of anilines is 2. The molecule has 34 heavy (non-hydrogen) atoms. The molecule has 1 amide bonds. The Morgan fingerprint density at radius 1 is 1.00 bits per heavy atom. The van der Waals surface area contributed by atoms with Gasteiger partial charge in [0.2, 0.25) is 5.91 Å². The minimum atomic E-state index is 0.0888. The molecular formula is C25H27N7O2. The zero-order valence-corrected chi connectivity index (χ0v) is 19.3. The lowest BCUT2D eigenvalue weighted by Gasteiger charge is -2.36. The van der Waals surface area contributed by atoms with E-state index in [9.17, 15) is 4.79 Å². The zero-order valence-electron chi connectivity index (χ0n) is 19.3. The number of amides is 1. The van der Waals surface area contributed by atoms with Gasteiger partial charge >= 0.3 is 0 Å². The molecule has 2 aromatic heterocycles. The maximum absolute atomic E-state index is 13.1. The Labute approximate surface area is 198 Å². The lowest BCUT2D eigenvalue weighted by Crippen LogP contribution is -2.51. The van der Waals surface area contributed by atoms with E-state index in [2.05, 4.69) is 20.0 Å². The van der Waals surface area contributed by atoms with Gasteiger partial charge in [0, 0.05) is 40.3 Å². The molecule has 0 unspecified atom stereocenters. The molecule has 3 heterocycles. The van der Waals surface area contributed by atoms with Crippen LogP contribution in [0.4, 0.5) is 11.5 Å². The molecular weight excluding hydrogens is 430 g/mol. The van der Waals surface area contributed by atoms with Crippen LogP contribution in [-0.2, 0) is 11.8 Å². The summed E-state index contributed by atoms with van der Waals surface area (Å²) in [6.07, 6.45) is 3.37. The van der Waals surface area contributed by atoms with Crippen LogP contribution in [0.3, 0.4) is 0 Å². The van der Waals surface area contributed by atoms with E-state index in [1.165, 1.54) is 0 Å².